The molecule has 0 aliphatic rings. The van der Waals surface area contributed by atoms with Gasteiger partial charge in [-0.15, -0.1) is 11.3 Å². The fourth-order valence-electron chi connectivity index (χ4n) is 2.04. The van der Waals surface area contributed by atoms with Crippen molar-refractivity contribution in [2.75, 3.05) is 0 Å². The Morgan fingerprint density at radius 3 is 2.65 bits per heavy atom. The third kappa shape index (κ3) is 2.65. The predicted octanol–water partition coefficient (Wildman–Crippen LogP) is 1.78. The Balaban J connectivity index is 2.49. The molecule has 5 nitrogen and oxygen atoms in total. The number of carbonyl (C=O) groups excluding carboxylic acids is 1. The van der Waals surface area contributed by atoms with E-state index in [0.29, 0.717) is 0 Å². The average molecular weight is 292 g/mol. The molecule has 0 aliphatic carbocycles. The van der Waals surface area contributed by atoms with Gasteiger partial charge in [0.05, 0.1) is 5.56 Å². The van der Waals surface area contributed by atoms with Crippen molar-refractivity contribution in [2.45, 2.75) is 32.7 Å². The molecule has 0 radical (unpaired) electrons. The number of ketones is 1. The van der Waals surface area contributed by atoms with Gasteiger partial charge in [-0.25, -0.2) is 4.79 Å². The summed E-state index contributed by atoms with van der Waals surface area (Å²) in [7, 11) is 0. The molecule has 0 aromatic carbocycles. The number of carbonyl (C=O) groups is 1. The second kappa shape index (κ2) is 5.20. The number of nitrogens with one attached hydrogen (secondary N) is 1. The summed E-state index contributed by atoms with van der Waals surface area (Å²) in [4.78, 5) is 39.0. The van der Waals surface area contributed by atoms with Crippen LogP contribution in [0.15, 0.2) is 33.3 Å². The van der Waals surface area contributed by atoms with Crippen LogP contribution in [-0.4, -0.2) is 15.3 Å². The zero-order valence-electron chi connectivity index (χ0n) is 11.6. The van der Waals surface area contributed by atoms with Crippen LogP contribution in [0.1, 0.15) is 36.0 Å². The predicted molar refractivity (Wildman–Crippen MR) is 78.7 cm³/mol. The third-order valence-corrected chi connectivity index (χ3v) is 4.42. The van der Waals surface area contributed by atoms with Crippen LogP contribution < -0.4 is 11.2 Å². The number of hydrogen-bond acceptors (Lipinski definition) is 4. The van der Waals surface area contributed by atoms with Crippen molar-refractivity contribution in [3.8, 4) is 0 Å². The summed E-state index contributed by atoms with van der Waals surface area (Å²) in [5.74, 6) is -0.353. The quantitative estimate of drug-likeness (QED) is 0.873. The van der Waals surface area contributed by atoms with Crippen LogP contribution in [0.4, 0.5) is 0 Å². The number of aromatic nitrogens is 2. The Kier molecular flexibility index (Phi) is 3.76. The Morgan fingerprint density at radius 2 is 2.10 bits per heavy atom. The molecule has 2 aromatic heterocycles. The number of nitrogens with zero attached hydrogens (tertiary/aromatic N) is 1. The molecule has 1 N–H and O–H groups in total. The Labute approximate surface area is 119 Å². The normalized spacial score (nSPS) is 11.6. The number of rotatable bonds is 4. The third-order valence-electron chi connectivity index (χ3n) is 3.18. The number of hydrogen-bond donors (Lipinski definition) is 1. The smallest absolute Gasteiger partial charge is 0.313 e. The first kappa shape index (κ1) is 14.5. The van der Waals surface area contributed by atoms with Gasteiger partial charge in [-0.05, 0) is 18.4 Å². The van der Waals surface area contributed by atoms with E-state index in [1.807, 2.05) is 31.4 Å². The van der Waals surface area contributed by atoms with E-state index in [-0.39, 0.29) is 23.3 Å². The van der Waals surface area contributed by atoms with Crippen LogP contribution in [0.25, 0.3) is 0 Å². The van der Waals surface area contributed by atoms with E-state index in [4.69, 9.17) is 0 Å². The summed E-state index contributed by atoms with van der Waals surface area (Å²) >= 11 is 1.58. The monoisotopic (exact) mass is 292 g/mol. The van der Waals surface area contributed by atoms with Gasteiger partial charge in [-0.1, -0.05) is 19.9 Å². The molecule has 20 heavy (non-hydrogen) atoms. The highest BCUT2D eigenvalue weighted by molar-refractivity contribution is 7.10. The van der Waals surface area contributed by atoms with E-state index >= 15 is 0 Å². The lowest BCUT2D eigenvalue weighted by atomic mass is 9.91. The minimum Gasteiger partial charge on any atom is -0.313 e. The highest BCUT2D eigenvalue weighted by Gasteiger charge is 2.25. The number of H-pyrrole nitrogens is 1. The summed E-state index contributed by atoms with van der Waals surface area (Å²) in [6.07, 6.45) is 1.18. The van der Waals surface area contributed by atoms with E-state index in [1.54, 1.807) is 11.3 Å². The number of Topliss-reactive ketones (excluding diaryl/α,β-unsaturated/α-hetero) is 1. The minimum atomic E-state index is -0.536. The summed E-state index contributed by atoms with van der Waals surface area (Å²) in [6, 6.07) is 3.90. The molecular formula is C14H16N2O3S. The molecule has 0 atom stereocenters. The van der Waals surface area contributed by atoms with Crippen LogP contribution in [0, 0.1) is 0 Å². The summed E-state index contributed by atoms with van der Waals surface area (Å²) in [5.41, 5.74) is -1.39. The first-order valence-corrected chi connectivity index (χ1v) is 7.08. The van der Waals surface area contributed by atoms with Crippen molar-refractivity contribution in [3.63, 3.8) is 0 Å². The maximum absolute atomic E-state index is 12.2. The first-order chi connectivity index (χ1) is 9.33. The molecule has 0 amide bonds. The molecular weight excluding hydrogens is 276 g/mol. The van der Waals surface area contributed by atoms with E-state index in [1.165, 1.54) is 13.1 Å². The van der Waals surface area contributed by atoms with E-state index < -0.39 is 11.2 Å². The van der Waals surface area contributed by atoms with Gasteiger partial charge >= 0.3 is 5.69 Å². The van der Waals surface area contributed by atoms with Crippen molar-refractivity contribution in [2.24, 2.45) is 0 Å². The van der Waals surface area contributed by atoms with Crippen molar-refractivity contribution >= 4 is 17.1 Å². The molecule has 0 saturated carbocycles. The van der Waals surface area contributed by atoms with Crippen molar-refractivity contribution < 1.29 is 4.79 Å². The van der Waals surface area contributed by atoms with Gasteiger partial charge in [0.15, 0.2) is 5.78 Å². The summed E-state index contributed by atoms with van der Waals surface area (Å²) in [5, 5.41) is 1.95. The Bertz CT molecular complexity index is 739. The molecule has 0 unspecified atom stereocenters. The number of thiophene rings is 1. The Morgan fingerprint density at radius 1 is 1.40 bits per heavy atom. The molecule has 0 fully saturated rings. The molecule has 0 aliphatic heterocycles. The van der Waals surface area contributed by atoms with Gasteiger partial charge in [0.2, 0.25) is 0 Å². The Hall–Kier alpha value is -1.95. The van der Waals surface area contributed by atoms with E-state index in [0.717, 1.165) is 9.44 Å². The van der Waals surface area contributed by atoms with Crippen molar-refractivity contribution in [3.05, 3.63) is 55.0 Å². The van der Waals surface area contributed by atoms with Gasteiger partial charge < -0.3 is 4.98 Å². The fourth-order valence-corrected chi connectivity index (χ4v) is 2.89. The second-order valence-electron chi connectivity index (χ2n) is 5.32. The zero-order chi connectivity index (χ0) is 14.9. The lowest BCUT2D eigenvalue weighted by Crippen LogP contribution is -2.42. The average Bonchev–Trinajstić information content (AvgIpc) is 2.88. The molecule has 0 bridgehead atoms. The molecule has 6 heteroatoms. The van der Waals surface area contributed by atoms with Crippen LogP contribution >= 0.6 is 11.3 Å². The van der Waals surface area contributed by atoms with Crippen molar-refractivity contribution in [1.82, 2.24) is 9.55 Å². The van der Waals surface area contributed by atoms with Crippen LogP contribution in [0.3, 0.4) is 0 Å². The van der Waals surface area contributed by atoms with Gasteiger partial charge in [0, 0.05) is 23.0 Å². The van der Waals surface area contributed by atoms with Crippen LogP contribution in [0.5, 0.6) is 0 Å². The maximum atomic E-state index is 12.2. The molecule has 2 heterocycles. The first-order valence-electron chi connectivity index (χ1n) is 6.20. The van der Waals surface area contributed by atoms with E-state index in [2.05, 4.69) is 4.98 Å². The largest absolute Gasteiger partial charge is 0.328 e. The van der Waals surface area contributed by atoms with Gasteiger partial charge in [0.1, 0.15) is 0 Å². The fraction of sp³-hybridized carbons (Fsp3) is 0.357. The van der Waals surface area contributed by atoms with Gasteiger partial charge in [0.25, 0.3) is 5.56 Å². The van der Waals surface area contributed by atoms with Crippen LogP contribution in [0.2, 0.25) is 0 Å². The van der Waals surface area contributed by atoms with Gasteiger partial charge in [-0.3, -0.25) is 14.2 Å². The zero-order valence-corrected chi connectivity index (χ0v) is 12.4. The maximum Gasteiger partial charge on any atom is 0.328 e. The van der Waals surface area contributed by atoms with Crippen molar-refractivity contribution in [1.29, 1.82) is 0 Å². The molecule has 0 spiro atoms. The van der Waals surface area contributed by atoms with E-state index in [9.17, 15) is 14.4 Å². The second-order valence-corrected chi connectivity index (χ2v) is 6.26. The molecule has 2 rings (SSSR count). The number of aromatic amines is 1. The standard InChI is InChI=1S/C14H16N2O3S/c1-9(17)10-7-15-13(19)16(12(10)18)8-14(2,3)11-5-4-6-20-11/h4-7H,8H2,1-3H3,(H,15,19). The molecule has 2 aromatic rings. The highest BCUT2D eigenvalue weighted by atomic mass is 32.1. The van der Waals surface area contributed by atoms with Crippen LogP contribution in [-0.2, 0) is 12.0 Å². The summed E-state index contributed by atoms with van der Waals surface area (Å²) < 4.78 is 1.09. The minimum absolute atomic E-state index is 0.00609. The summed E-state index contributed by atoms with van der Waals surface area (Å²) in [6.45, 7) is 5.46. The topological polar surface area (TPSA) is 71.9 Å². The highest BCUT2D eigenvalue weighted by Crippen LogP contribution is 2.28. The van der Waals surface area contributed by atoms with Gasteiger partial charge in [-0.2, -0.15) is 0 Å². The molecule has 106 valence electrons. The molecule has 0 saturated heterocycles. The lowest BCUT2D eigenvalue weighted by Gasteiger charge is -2.23. The lowest BCUT2D eigenvalue weighted by molar-refractivity contribution is 0.101. The SMILES string of the molecule is CC(=O)c1c[nH]c(=O)n(CC(C)(C)c2cccs2)c1=O.